The molecule has 0 saturated heterocycles. The number of hydrogen-bond acceptors (Lipinski definition) is 5. The molecule has 0 fully saturated rings. The number of carbonyl (C=O) groups is 1. The minimum absolute atomic E-state index is 0.0579. The van der Waals surface area contributed by atoms with Crippen molar-refractivity contribution in [3.8, 4) is 0 Å². The zero-order valence-electron chi connectivity index (χ0n) is 49.4. The van der Waals surface area contributed by atoms with Gasteiger partial charge in [0.25, 0.3) is 0 Å². The zero-order valence-corrected chi connectivity index (χ0v) is 50.3. The number of amides is 1. The Kier molecular flexibility index (Phi) is 54.5. The van der Waals surface area contributed by atoms with Crippen molar-refractivity contribution in [1.29, 1.82) is 0 Å². The molecular weight excluding hydrogens is 924 g/mol. The van der Waals surface area contributed by atoms with E-state index in [1.54, 1.807) is 6.08 Å². The smallest absolute Gasteiger partial charge is 0.387 e. The monoisotopic (exact) mass is 1050 g/mol. The van der Waals surface area contributed by atoms with E-state index in [1.165, 1.54) is 257 Å². The van der Waals surface area contributed by atoms with E-state index in [0.29, 0.717) is 17.4 Å². The van der Waals surface area contributed by atoms with Crippen molar-refractivity contribution in [3.63, 3.8) is 0 Å². The molecule has 3 unspecified atom stereocenters. The van der Waals surface area contributed by atoms with Crippen molar-refractivity contribution < 1.29 is 32.9 Å². The van der Waals surface area contributed by atoms with Crippen LogP contribution in [-0.2, 0) is 18.4 Å². The molecule has 9 heteroatoms. The SMILES string of the molecule is CCCCCCCCCC/C=C\CCCCCCCCCCCCCCCCCCCCCCCC(=O)NC(COP(=O)(O)OCC[N+](C)(C)C)C(O)/C=C/CC/C=C/CCCCCCCCCCCCCC. The number of phosphoric ester groups is 1. The number of nitrogens with zero attached hydrogens (tertiary/aromatic N) is 1. The van der Waals surface area contributed by atoms with Crippen LogP contribution in [0.15, 0.2) is 36.5 Å². The lowest BCUT2D eigenvalue weighted by Crippen LogP contribution is -2.45. The zero-order chi connectivity index (χ0) is 53.5. The number of likely N-dealkylation sites (N-methyl/N-ethyl adjacent to an activating group) is 1. The van der Waals surface area contributed by atoms with Crippen LogP contribution in [0.4, 0.5) is 0 Å². The summed E-state index contributed by atoms with van der Waals surface area (Å²) >= 11 is 0. The van der Waals surface area contributed by atoms with Crippen LogP contribution in [0.25, 0.3) is 0 Å². The maximum atomic E-state index is 13.0. The van der Waals surface area contributed by atoms with Crippen molar-refractivity contribution in [2.24, 2.45) is 0 Å². The van der Waals surface area contributed by atoms with E-state index in [9.17, 15) is 19.4 Å². The molecule has 0 saturated carbocycles. The minimum Gasteiger partial charge on any atom is -0.387 e. The van der Waals surface area contributed by atoms with Gasteiger partial charge in [0, 0.05) is 6.42 Å². The predicted molar refractivity (Wildman–Crippen MR) is 318 cm³/mol. The van der Waals surface area contributed by atoms with Crippen LogP contribution in [0.1, 0.15) is 316 Å². The lowest BCUT2D eigenvalue weighted by Gasteiger charge is -2.25. The molecule has 0 aliphatic carbocycles. The predicted octanol–water partition coefficient (Wildman–Crippen LogP) is 19.7. The number of nitrogens with one attached hydrogen (secondary N) is 1. The molecule has 0 heterocycles. The number of allylic oxidation sites excluding steroid dienone is 5. The van der Waals surface area contributed by atoms with E-state index in [0.717, 1.165) is 38.5 Å². The normalized spacial score (nSPS) is 14.0. The quantitative estimate of drug-likeness (QED) is 0.0243. The maximum absolute atomic E-state index is 13.0. The highest BCUT2D eigenvalue weighted by Gasteiger charge is 2.27. The van der Waals surface area contributed by atoms with Crippen molar-refractivity contribution in [2.45, 2.75) is 328 Å². The topological polar surface area (TPSA) is 105 Å². The first-order valence-corrected chi connectivity index (χ1v) is 33.4. The second kappa shape index (κ2) is 55.5. The fraction of sp³-hybridized carbons (Fsp3) is 0.891. The second-order valence-corrected chi connectivity index (χ2v) is 24.6. The molecule has 432 valence electrons. The molecule has 1 amide bonds. The van der Waals surface area contributed by atoms with E-state index >= 15 is 0 Å². The third-order valence-corrected chi connectivity index (χ3v) is 15.6. The molecule has 3 atom stereocenters. The molecule has 0 aromatic rings. The molecule has 0 spiro atoms. The number of hydrogen-bond donors (Lipinski definition) is 3. The van der Waals surface area contributed by atoms with Crippen molar-refractivity contribution in [3.05, 3.63) is 36.5 Å². The van der Waals surface area contributed by atoms with Crippen molar-refractivity contribution >= 4 is 13.7 Å². The Morgan fingerprint density at radius 1 is 0.452 bits per heavy atom. The molecule has 0 rings (SSSR count). The fourth-order valence-corrected chi connectivity index (χ4v) is 10.3. The first-order chi connectivity index (χ1) is 35.5. The third-order valence-electron chi connectivity index (χ3n) is 14.6. The highest BCUT2D eigenvalue weighted by atomic mass is 31.2. The Labute approximate surface area is 455 Å². The number of aliphatic hydroxyl groups is 1. The number of quaternary nitrogens is 1. The molecule has 8 nitrogen and oxygen atoms in total. The average molecular weight is 1050 g/mol. The maximum Gasteiger partial charge on any atom is 0.472 e. The summed E-state index contributed by atoms with van der Waals surface area (Å²) in [5, 5.41) is 13.9. The van der Waals surface area contributed by atoms with E-state index in [-0.39, 0.29) is 19.1 Å². The summed E-state index contributed by atoms with van der Waals surface area (Å²) in [7, 11) is 1.57. The van der Waals surface area contributed by atoms with Crippen molar-refractivity contribution in [1.82, 2.24) is 5.32 Å². The molecule has 0 aromatic carbocycles. The highest BCUT2D eigenvalue weighted by Crippen LogP contribution is 2.43. The summed E-state index contributed by atoms with van der Waals surface area (Å²) in [6, 6.07) is -0.862. The minimum atomic E-state index is -4.35. The molecule has 3 N–H and O–H groups in total. The molecule has 0 bridgehead atoms. The number of phosphoric acid groups is 1. The van der Waals surface area contributed by atoms with Gasteiger partial charge in [-0.2, -0.15) is 0 Å². The third kappa shape index (κ3) is 58.2. The van der Waals surface area contributed by atoms with Crippen LogP contribution in [0.5, 0.6) is 0 Å². The van der Waals surface area contributed by atoms with Gasteiger partial charge >= 0.3 is 7.82 Å². The van der Waals surface area contributed by atoms with Gasteiger partial charge in [-0.3, -0.25) is 13.8 Å². The Balaban J connectivity index is 4.04. The number of unbranched alkanes of at least 4 members (excludes halogenated alkanes) is 42. The standard InChI is InChI=1S/C64H125N2O6P/c1-6-8-10-12-14-16-18-20-22-24-26-27-28-29-30-31-32-33-34-35-36-37-38-39-40-42-44-46-48-50-52-54-56-58-64(68)65-62(61-72-73(69,70)71-60-59-66(3,4)5)63(67)57-55-53-51-49-47-45-43-41-25-23-21-19-17-15-13-11-9-7-2/h24,26,47,49,55,57,62-63,67H,6-23,25,27-46,48,50-54,56,58-61H2,1-5H3,(H-,65,68,69,70)/p+1/b26-24-,49-47+,57-55+. The van der Waals surface area contributed by atoms with Crippen LogP contribution in [0.2, 0.25) is 0 Å². The van der Waals surface area contributed by atoms with E-state index in [1.807, 2.05) is 27.2 Å². The number of rotatable bonds is 59. The van der Waals surface area contributed by atoms with E-state index < -0.39 is 20.0 Å². The average Bonchev–Trinajstić information content (AvgIpc) is 3.35. The number of carbonyl (C=O) groups excluding carboxylic acids is 1. The largest absolute Gasteiger partial charge is 0.472 e. The first-order valence-electron chi connectivity index (χ1n) is 31.9. The van der Waals surface area contributed by atoms with Gasteiger partial charge < -0.3 is 19.8 Å². The van der Waals surface area contributed by atoms with Crippen molar-refractivity contribution in [2.75, 3.05) is 40.9 Å². The fourth-order valence-electron chi connectivity index (χ4n) is 9.59. The van der Waals surface area contributed by atoms with Gasteiger partial charge in [0.15, 0.2) is 0 Å². The number of aliphatic hydroxyl groups excluding tert-OH is 1. The Bertz CT molecular complexity index is 1280. The molecule has 0 aromatic heterocycles. The first kappa shape index (κ1) is 71.7. The second-order valence-electron chi connectivity index (χ2n) is 23.1. The summed E-state index contributed by atoms with van der Waals surface area (Å²) in [5.74, 6) is -0.181. The summed E-state index contributed by atoms with van der Waals surface area (Å²) in [6.45, 7) is 4.83. The van der Waals surface area contributed by atoms with Gasteiger partial charge in [-0.25, -0.2) is 4.57 Å². The van der Waals surface area contributed by atoms with Gasteiger partial charge in [-0.05, 0) is 57.8 Å². The van der Waals surface area contributed by atoms with E-state index in [4.69, 9.17) is 9.05 Å². The Morgan fingerprint density at radius 2 is 0.753 bits per heavy atom. The van der Waals surface area contributed by atoms with E-state index in [2.05, 4.69) is 43.5 Å². The summed E-state index contributed by atoms with van der Waals surface area (Å²) < 4.78 is 23.7. The summed E-state index contributed by atoms with van der Waals surface area (Å²) in [6.07, 6.45) is 72.8. The van der Waals surface area contributed by atoms with Crippen LogP contribution in [0.3, 0.4) is 0 Å². The van der Waals surface area contributed by atoms with Gasteiger partial charge in [0.2, 0.25) is 5.91 Å². The Hall–Kier alpha value is -1.28. The Morgan fingerprint density at radius 3 is 1.10 bits per heavy atom. The molecule has 0 aliphatic heterocycles. The summed E-state index contributed by atoms with van der Waals surface area (Å²) in [4.78, 5) is 23.3. The lowest BCUT2D eigenvalue weighted by molar-refractivity contribution is -0.870. The van der Waals surface area contributed by atoms with Gasteiger partial charge in [-0.15, -0.1) is 0 Å². The molecule has 0 radical (unpaired) electrons. The van der Waals surface area contributed by atoms with Gasteiger partial charge in [0.05, 0.1) is 39.9 Å². The van der Waals surface area contributed by atoms with Crippen LogP contribution < -0.4 is 5.32 Å². The van der Waals surface area contributed by atoms with Gasteiger partial charge in [0.1, 0.15) is 13.2 Å². The molecule has 0 aliphatic rings. The highest BCUT2D eigenvalue weighted by molar-refractivity contribution is 7.47. The van der Waals surface area contributed by atoms with Gasteiger partial charge in [-0.1, -0.05) is 288 Å². The van der Waals surface area contributed by atoms with Crippen LogP contribution in [-0.4, -0.2) is 73.4 Å². The lowest BCUT2D eigenvalue weighted by atomic mass is 10.0. The van der Waals surface area contributed by atoms with Crippen LogP contribution in [0, 0.1) is 0 Å². The molecule has 73 heavy (non-hydrogen) atoms. The molecular formula is C64H126N2O6P+. The summed E-state index contributed by atoms with van der Waals surface area (Å²) in [5.41, 5.74) is 0. The van der Waals surface area contributed by atoms with Crippen LogP contribution >= 0.6 is 7.82 Å².